The first-order chi connectivity index (χ1) is 10.0. The van der Waals surface area contributed by atoms with Gasteiger partial charge < -0.3 is 14.5 Å². The minimum Gasteiger partial charge on any atom is -0.478 e. The zero-order valence-corrected chi connectivity index (χ0v) is 11.6. The van der Waals surface area contributed by atoms with Crippen LogP contribution in [0.5, 0.6) is 0 Å². The number of H-pyrrole nitrogens is 1. The summed E-state index contributed by atoms with van der Waals surface area (Å²) in [5, 5.41) is 9.58. The highest BCUT2D eigenvalue weighted by atomic mass is 32.2. The molecule has 0 atom stereocenters. The maximum Gasteiger partial charge on any atom is 0.335 e. The van der Waals surface area contributed by atoms with Gasteiger partial charge in [0.05, 0.1) is 5.56 Å². The van der Waals surface area contributed by atoms with Crippen LogP contribution in [0.25, 0.3) is 11.1 Å². The largest absolute Gasteiger partial charge is 0.478 e. The summed E-state index contributed by atoms with van der Waals surface area (Å²) in [6.45, 7) is 1.71. The highest BCUT2D eigenvalue weighted by Crippen LogP contribution is 2.27. The molecule has 0 aliphatic rings. The number of aromatic amines is 1. The van der Waals surface area contributed by atoms with Crippen molar-refractivity contribution in [2.75, 3.05) is 0 Å². The number of hydrogen-bond acceptors (Lipinski definition) is 6. The van der Waals surface area contributed by atoms with Crippen molar-refractivity contribution in [2.45, 2.75) is 17.3 Å². The van der Waals surface area contributed by atoms with Gasteiger partial charge in [0.15, 0.2) is 10.7 Å². The maximum atomic E-state index is 11.4. The van der Waals surface area contributed by atoms with E-state index in [9.17, 15) is 9.59 Å². The number of nitrogens with one attached hydrogen (secondary N) is 1. The zero-order valence-electron chi connectivity index (χ0n) is 10.8. The van der Waals surface area contributed by atoms with E-state index >= 15 is 0 Å². The van der Waals surface area contributed by atoms with Gasteiger partial charge in [-0.2, -0.15) is 0 Å². The van der Waals surface area contributed by atoms with Gasteiger partial charge in [0.25, 0.3) is 10.8 Å². The van der Waals surface area contributed by atoms with Crippen molar-refractivity contribution in [3.05, 3.63) is 45.9 Å². The van der Waals surface area contributed by atoms with Crippen LogP contribution in [0, 0.1) is 6.92 Å². The zero-order chi connectivity index (χ0) is 15.0. The molecule has 2 aromatic heterocycles. The van der Waals surface area contributed by atoms with Gasteiger partial charge in [0.2, 0.25) is 0 Å². The lowest BCUT2D eigenvalue weighted by Crippen LogP contribution is -2.07. The smallest absolute Gasteiger partial charge is 0.335 e. The second-order valence-electron chi connectivity index (χ2n) is 4.26. The lowest BCUT2D eigenvalue weighted by atomic mass is 10.2. The van der Waals surface area contributed by atoms with Gasteiger partial charge in [0.1, 0.15) is 5.52 Å². The number of hydrogen-bond donors (Lipinski definition) is 2. The number of nitrogens with zero attached hydrogens (tertiary/aromatic N) is 2. The average Bonchev–Trinajstić information content (AvgIpc) is 2.78. The van der Waals surface area contributed by atoms with Crippen LogP contribution >= 0.6 is 11.8 Å². The predicted molar refractivity (Wildman–Crippen MR) is 74.7 cm³/mol. The van der Waals surface area contributed by atoms with Crippen LogP contribution in [-0.4, -0.2) is 26.0 Å². The molecule has 2 heterocycles. The summed E-state index contributed by atoms with van der Waals surface area (Å²) < 4.78 is 5.47. The van der Waals surface area contributed by atoms with E-state index in [1.165, 1.54) is 18.2 Å². The van der Waals surface area contributed by atoms with Gasteiger partial charge in [-0.05, 0) is 25.1 Å². The van der Waals surface area contributed by atoms with Crippen LogP contribution in [0.1, 0.15) is 16.1 Å². The number of aromatic nitrogens is 3. The number of carbonyl (C=O) groups is 1. The molecule has 106 valence electrons. The number of fused-ring (bicyclic) bond motifs is 1. The van der Waals surface area contributed by atoms with E-state index in [0.29, 0.717) is 22.0 Å². The first kappa shape index (κ1) is 13.4. The highest BCUT2D eigenvalue weighted by molar-refractivity contribution is 7.98. The van der Waals surface area contributed by atoms with Crippen molar-refractivity contribution in [2.24, 2.45) is 0 Å². The molecule has 0 saturated heterocycles. The van der Waals surface area contributed by atoms with E-state index in [4.69, 9.17) is 9.52 Å². The molecule has 8 heteroatoms. The summed E-state index contributed by atoms with van der Waals surface area (Å²) in [4.78, 5) is 33.2. The third kappa shape index (κ3) is 2.79. The topological polar surface area (TPSA) is 109 Å². The van der Waals surface area contributed by atoms with E-state index in [-0.39, 0.29) is 16.3 Å². The van der Waals surface area contributed by atoms with E-state index in [1.807, 2.05) is 0 Å². The molecule has 0 spiro atoms. The van der Waals surface area contributed by atoms with Gasteiger partial charge in [0, 0.05) is 23.5 Å². The fraction of sp³-hybridized carbons (Fsp3) is 0.0769. The number of carboxylic acid groups (broad SMARTS) is 1. The van der Waals surface area contributed by atoms with E-state index < -0.39 is 5.97 Å². The fourth-order valence-corrected chi connectivity index (χ4v) is 2.54. The summed E-state index contributed by atoms with van der Waals surface area (Å²) >= 11 is 1.06. The standard InChI is InChI=1S/C13H9N3O4S/c1-6-4-10(17)16-12(14-6)21-13-15-8-3-2-7(11(18)19)5-9(8)20-13/h2-5H,1H3,(H,18,19)(H,14,16,17). The molecule has 0 saturated carbocycles. The predicted octanol–water partition coefficient (Wildman–Crippen LogP) is 2.07. The van der Waals surface area contributed by atoms with Crippen LogP contribution in [0.4, 0.5) is 0 Å². The number of aryl methyl sites for hydroxylation is 1. The first-order valence-corrected chi connectivity index (χ1v) is 6.72. The minimum absolute atomic E-state index is 0.122. The van der Waals surface area contributed by atoms with Crippen molar-refractivity contribution in [3.63, 3.8) is 0 Å². The molecule has 1 aromatic carbocycles. The Morgan fingerprint density at radius 3 is 2.86 bits per heavy atom. The molecule has 0 amide bonds. The normalized spacial score (nSPS) is 10.9. The van der Waals surface area contributed by atoms with Crippen molar-refractivity contribution in [3.8, 4) is 0 Å². The Labute approximate surface area is 122 Å². The molecule has 0 radical (unpaired) electrons. The van der Waals surface area contributed by atoms with Crippen molar-refractivity contribution >= 4 is 28.8 Å². The van der Waals surface area contributed by atoms with Gasteiger partial charge in [-0.15, -0.1) is 0 Å². The summed E-state index contributed by atoms with van der Waals surface area (Å²) in [7, 11) is 0. The summed E-state index contributed by atoms with van der Waals surface area (Å²) in [6, 6.07) is 5.81. The van der Waals surface area contributed by atoms with Gasteiger partial charge in [-0.1, -0.05) is 0 Å². The SMILES string of the molecule is Cc1cc(=O)[nH]c(Sc2nc3ccc(C(=O)O)cc3o2)n1. The second-order valence-corrected chi connectivity index (χ2v) is 5.20. The van der Waals surface area contributed by atoms with E-state index in [1.54, 1.807) is 13.0 Å². The Morgan fingerprint density at radius 2 is 2.14 bits per heavy atom. The molecule has 3 aromatic rings. The summed E-state index contributed by atoms with van der Waals surface area (Å²) in [5.74, 6) is -1.04. The highest BCUT2D eigenvalue weighted by Gasteiger charge is 2.12. The lowest BCUT2D eigenvalue weighted by Gasteiger charge is -1.96. The molecule has 0 aliphatic heterocycles. The van der Waals surface area contributed by atoms with Gasteiger partial charge in [-0.3, -0.25) is 4.79 Å². The molecule has 0 fully saturated rings. The number of aromatic carboxylic acids is 1. The molecule has 0 bridgehead atoms. The van der Waals surface area contributed by atoms with Crippen LogP contribution in [0.3, 0.4) is 0 Å². The average molecular weight is 303 g/mol. The van der Waals surface area contributed by atoms with E-state index in [2.05, 4.69) is 15.0 Å². The Balaban J connectivity index is 1.97. The van der Waals surface area contributed by atoms with E-state index in [0.717, 1.165) is 11.8 Å². The molecular weight excluding hydrogens is 294 g/mol. The van der Waals surface area contributed by atoms with Crippen molar-refractivity contribution in [1.82, 2.24) is 15.0 Å². The first-order valence-electron chi connectivity index (χ1n) is 5.91. The number of rotatable bonds is 3. The lowest BCUT2D eigenvalue weighted by molar-refractivity contribution is 0.0697. The number of carboxylic acids is 1. The molecule has 0 unspecified atom stereocenters. The molecule has 3 rings (SSSR count). The van der Waals surface area contributed by atoms with Crippen molar-refractivity contribution < 1.29 is 14.3 Å². The molecular formula is C13H9N3O4S. The fourth-order valence-electron chi connectivity index (χ4n) is 1.76. The third-order valence-electron chi connectivity index (χ3n) is 2.65. The maximum absolute atomic E-state index is 11.4. The number of benzene rings is 1. The van der Waals surface area contributed by atoms with Gasteiger partial charge >= 0.3 is 5.97 Å². The third-order valence-corrected chi connectivity index (χ3v) is 3.38. The number of oxazole rings is 1. The van der Waals surface area contributed by atoms with Crippen LogP contribution in [0.15, 0.2) is 43.9 Å². The molecule has 2 N–H and O–H groups in total. The van der Waals surface area contributed by atoms with Crippen molar-refractivity contribution in [1.29, 1.82) is 0 Å². The minimum atomic E-state index is -1.04. The summed E-state index contributed by atoms with van der Waals surface area (Å²) in [6.07, 6.45) is 0. The Kier molecular flexibility index (Phi) is 3.22. The quantitative estimate of drug-likeness (QED) is 0.713. The summed E-state index contributed by atoms with van der Waals surface area (Å²) in [5.41, 5.74) is 1.36. The van der Waals surface area contributed by atoms with Crippen LogP contribution in [-0.2, 0) is 0 Å². The Bertz CT molecular complexity index is 900. The Hall–Kier alpha value is -2.61. The molecule has 7 nitrogen and oxygen atoms in total. The van der Waals surface area contributed by atoms with Crippen LogP contribution in [0.2, 0.25) is 0 Å². The monoisotopic (exact) mass is 303 g/mol. The van der Waals surface area contributed by atoms with Gasteiger partial charge in [-0.25, -0.2) is 14.8 Å². The van der Waals surface area contributed by atoms with Crippen LogP contribution < -0.4 is 5.56 Å². The second kappa shape index (κ2) is 5.06. The molecule has 0 aliphatic carbocycles. The Morgan fingerprint density at radius 1 is 1.33 bits per heavy atom. The molecule has 21 heavy (non-hydrogen) atoms.